The molecule has 0 unspecified atom stereocenters. The first-order valence-electron chi connectivity index (χ1n) is 8.81. The van der Waals surface area contributed by atoms with Crippen LogP contribution in [0.3, 0.4) is 0 Å². The number of hydrogen-bond donors (Lipinski definition) is 1. The second kappa shape index (κ2) is 6.79. The Kier molecular flexibility index (Phi) is 5.53. The summed E-state index contributed by atoms with van der Waals surface area (Å²) in [6.07, 6.45) is 12.4. The summed E-state index contributed by atoms with van der Waals surface area (Å²) >= 11 is 0. The number of nitrogens with one attached hydrogen (secondary N) is 1. The minimum atomic E-state index is 0.122. The molecule has 118 valence electrons. The summed E-state index contributed by atoms with van der Waals surface area (Å²) in [6, 6.07) is 0. The predicted octanol–water partition coefficient (Wildman–Crippen LogP) is 4.67. The molecule has 0 amide bonds. The Labute approximate surface area is 126 Å². The Bertz CT molecular complexity index is 280. The van der Waals surface area contributed by atoms with Crippen LogP contribution < -0.4 is 5.32 Å². The molecule has 0 aromatic heterocycles. The van der Waals surface area contributed by atoms with Crippen molar-refractivity contribution in [2.45, 2.75) is 103 Å². The van der Waals surface area contributed by atoms with E-state index in [4.69, 9.17) is 4.74 Å². The van der Waals surface area contributed by atoms with Crippen LogP contribution in [-0.4, -0.2) is 23.8 Å². The molecule has 0 aliphatic heterocycles. The summed E-state index contributed by atoms with van der Waals surface area (Å²) in [4.78, 5) is 0. The normalized spacial score (nSPS) is 31.2. The lowest BCUT2D eigenvalue weighted by Gasteiger charge is -2.43. The van der Waals surface area contributed by atoms with Gasteiger partial charge in [0.15, 0.2) is 0 Å². The lowest BCUT2D eigenvalue weighted by molar-refractivity contribution is -0.126. The van der Waals surface area contributed by atoms with E-state index in [9.17, 15) is 0 Å². The molecule has 2 fully saturated rings. The zero-order chi connectivity index (χ0) is 14.6. The topological polar surface area (TPSA) is 21.3 Å². The Balaban J connectivity index is 1.92. The lowest BCUT2D eigenvalue weighted by Crippen LogP contribution is -2.51. The zero-order valence-electron chi connectivity index (χ0n) is 14.1. The third-order valence-electron chi connectivity index (χ3n) is 5.09. The highest BCUT2D eigenvalue weighted by molar-refractivity contribution is 4.90. The van der Waals surface area contributed by atoms with E-state index in [0.29, 0.717) is 6.10 Å². The van der Waals surface area contributed by atoms with E-state index < -0.39 is 0 Å². The van der Waals surface area contributed by atoms with Crippen molar-refractivity contribution in [3.63, 3.8) is 0 Å². The van der Waals surface area contributed by atoms with Crippen LogP contribution in [0.25, 0.3) is 0 Å². The van der Waals surface area contributed by atoms with Gasteiger partial charge in [0.25, 0.3) is 0 Å². The van der Waals surface area contributed by atoms with Crippen LogP contribution >= 0.6 is 0 Å². The molecule has 2 nitrogen and oxygen atoms in total. The number of rotatable bonds is 4. The maximum Gasteiger partial charge on any atom is 0.0810 e. The van der Waals surface area contributed by atoms with Crippen molar-refractivity contribution in [2.24, 2.45) is 5.92 Å². The molecule has 0 atom stereocenters. The third kappa shape index (κ3) is 5.04. The van der Waals surface area contributed by atoms with E-state index >= 15 is 0 Å². The van der Waals surface area contributed by atoms with Crippen LogP contribution in [0, 0.1) is 5.92 Å². The molecule has 2 saturated carbocycles. The molecule has 2 aliphatic rings. The van der Waals surface area contributed by atoms with Gasteiger partial charge in [-0.2, -0.15) is 0 Å². The molecular formula is C18H35NO. The van der Waals surface area contributed by atoms with Gasteiger partial charge in [0, 0.05) is 12.1 Å². The molecule has 2 aliphatic carbocycles. The van der Waals surface area contributed by atoms with Crippen LogP contribution in [0.2, 0.25) is 0 Å². The van der Waals surface area contributed by atoms with Gasteiger partial charge in [-0.1, -0.05) is 26.2 Å². The summed E-state index contributed by atoms with van der Waals surface area (Å²) in [5, 5.41) is 3.71. The molecule has 0 aromatic carbocycles. The summed E-state index contributed by atoms with van der Waals surface area (Å²) < 4.78 is 6.70. The van der Waals surface area contributed by atoms with Crippen LogP contribution in [0.4, 0.5) is 0 Å². The highest BCUT2D eigenvalue weighted by Crippen LogP contribution is 2.36. The SMILES string of the molecule is CC1CCC(OC2(CNC(C)(C)C)CCCCC2)CC1. The van der Waals surface area contributed by atoms with Gasteiger partial charge in [-0.15, -0.1) is 0 Å². The number of hydrogen-bond acceptors (Lipinski definition) is 2. The standard InChI is InChI=1S/C18H35NO/c1-15-8-10-16(11-9-15)20-18(12-6-5-7-13-18)14-19-17(2,3)4/h15-16,19H,5-14H2,1-4H3. The highest BCUT2D eigenvalue weighted by atomic mass is 16.5. The first-order chi connectivity index (χ1) is 9.39. The van der Waals surface area contributed by atoms with Gasteiger partial charge < -0.3 is 10.1 Å². The fourth-order valence-electron chi connectivity index (χ4n) is 3.66. The van der Waals surface area contributed by atoms with Gasteiger partial charge in [0.05, 0.1) is 11.7 Å². The minimum Gasteiger partial charge on any atom is -0.370 e. The number of ether oxygens (including phenoxy) is 1. The highest BCUT2D eigenvalue weighted by Gasteiger charge is 2.36. The molecule has 0 bridgehead atoms. The summed E-state index contributed by atoms with van der Waals surface area (Å²) in [6.45, 7) is 10.2. The Hall–Kier alpha value is -0.0800. The van der Waals surface area contributed by atoms with Crippen LogP contribution in [-0.2, 0) is 4.74 Å². The van der Waals surface area contributed by atoms with Crippen molar-refractivity contribution in [1.29, 1.82) is 0 Å². The molecule has 0 saturated heterocycles. The van der Waals surface area contributed by atoms with E-state index in [0.717, 1.165) is 12.5 Å². The largest absolute Gasteiger partial charge is 0.370 e. The van der Waals surface area contributed by atoms with E-state index in [1.807, 2.05) is 0 Å². The van der Waals surface area contributed by atoms with Crippen molar-refractivity contribution in [1.82, 2.24) is 5.32 Å². The molecular weight excluding hydrogens is 246 g/mol. The van der Waals surface area contributed by atoms with E-state index in [1.165, 1.54) is 57.8 Å². The maximum absolute atomic E-state index is 6.70. The average molecular weight is 281 g/mol. The fourth-order valence-corrected chi connectivity index (χ4v) is 3.66. The quantitative estimate of drug-likeness (QED) is 0.808. The lowest BCUT2D eigenvalue weighted by atomic mass is 9.82. The molecule has 0 spiro atoms. The van der Waals surface area contributed by atoms with E-state index in [2.05, 4.69) is 33.0 Å². The second-order valence-electron chi connectivity index (χ2n) is 8.35. The van der Waals surface area contributed by atoms with E-state index in [1.54, 1.807) is 0 Å². The Morgan fingerprint density at radius 2 is 1.60 bits per heavy atom. The fraction of sp³-hybridized carbons (Fsp3) is 1.00. The monoisotopic (exact) mass is 281 g/mol. The summed E-state index contributed by atoms with van der Waals surface area (Å²) in [7, 11) is 0. The Morgan fingerprint density at radius 3 is 2.15 bits per heavy atom. The smallest absolute Gasteiger partial charge is 0.0810 e. The molecule has 2 heteroatoms. The summed E-state index contributed by atoms with van der Waals surface area (Å²) in [5.74, 6) is 0.907. The van der Waals surface area contributed by atoms with Crippen LogP contribution in [0.15, 0.2) is 0 Å². The van der Waals surface area contributed by atoms with Crippen molar-refractivity contribution in [2.75, 3.05) is 6.54 Å². The zero-order valence-corrected chi connectivity index (χ0v) is 14.1. The van der Waals surface area contributed by atoms with Gasteiger partial charge in [-0.05, 0) is 65.2 Å². The van der Waals surface area contributed by atoms with Gasteiger partial charge in [0.1, 0.15) is 0 Å². The molecule has 0 heterocycles. The van der Waals surface area contributed by atoms with E-state index in [-0.39, 0.29) is 11.1 Å². The average Bonchev–Trinajstić information content (AvgIpc) is 2.40. The minimum absolute atomic E-state index is 0.122. The maximum atomic E-state index is 6.70. The summed E-state index contributed by atoms with van der Waals surface area (Å²) in [5.41, 5.74) is 0.311. The molecule has 1 N–H and O–H groups in total. The van der Waals surface area contributed by atoms with Gasteiger partial charge in [-0.25, -0.2) is 0 Å². The van der Waals surface area contributed by atoms with Crippen LogP contribution in [0.1, 0.15) is 85.5 Å². The molecule has 2 rings (SSSR count). The molecule has 20 heavy (non-hydrogen) atoms. The van der Waals surface area contributed by atoms with Crippen molar-refractivity contribution >= 4 is 0 Å². The molecule has 0 aromatic rings. The second-order valence-corrected chi connectivity index (χ2v) is 8.35. The first kappa shape index (κ1) is 16.3. The van der Waals surface area contributed by atoms with Crippen molar-refractivity contribution in [3.8, 4) is 0 Å². The first-order valence-corrected chi connectivity index (χ1v) is 8.81. The van der Waals surface area contributed by atoms with Crippen molar-refractivity contribution in [3.05, 3.63) is 0 Å². The van der Waals surface area contributed by atoms with Crippen molar-refractivity contribution < 1.29 is 4.74 Å². The van der Waals surface area contributed by atoms with Gasteiger partial charge in [-0.3, -0.25) is 0 Å². The van der Waals surface area contributed by atoms with Gasteiger partial charge >= 0.3 is 0 Å². The van der Waals surface area contributed by atoms with Gasteiger partial charge in [0.2, 0.25) is 0 Å². The van der Waals surface area contributed by atoms with Crippen LogP contribution in [0.5, 0.6) is 0 Å². The Morgan fingerprint density at radius 1 is 1.00 bits per heavy atom. The predicted molar refractivity (Wildman–Crippen MR) is 86.1 cm³/mol. The molecule has 0 radical (unpaired) electrons. The third-order valence-corrected chi connectivity index (χ3v) is 5.09.